The van der Waals surface area contributed by atoms with E-state index in [-0.39, 0.29) is 5.91 Å². The van der Waals surface area contributed by atoms with Crippen molar-refractivity contribution in [2.45, 2.75) is 52.0 Å². The largest absolute Gasteiger partial charge is 0.361 e. The predicted octanol–water partition coefficient (Wildman–Crippen LogP) is 3.98. The van der Waals surface area contributed by atoms with Crippen LogP contribution in [0.4, 0.5) is 0 Å². The quantitative estimate of drug-likeness (QED) is 0.860. The lowest BCUT2D eigenvalue weighted by Gasteiger charge is -2.14. The summed E-state index contributed by atoms with van der Waals surface area (Å²) in [6.07, 6.45) is 7.35. The number of carbonyl (C=O) groups is 1. The number of hydrogen-bond acceptors (Lipinski definition) is 4. The monoisotopic (exact) mass is 318 g/mol. The van der Waals surface area contributed by atoms with Gasteiger partial charge >= 0.3 is 0 Å². The smallest absolute Gasteiger partial charge is 0.264 e. The summed E-state index contributed by atoms with van der Waals surface area (Å²) in [6.45, 7) is 2.34. The molecule has 4 nitrogen and oxygen atoms in total. The number of nitrogens with zero attached hydrogens (tertiary/aromatic N) is 2. The summed E-state index contributed by atoms with van der Waals surface area (Å²) in [7, 11) is 1.82. The van der Waals surface area contributed by atoms with Crippen molar-refractivity contribution in [3.05, 3.63) is 38.9 Å². The van der Waals surface area contributed by atoms with E-state index in [9.17, 15) is 4.79 Å². The van der Waals surface area contributed by atoms with Gasteiger partial charge in [-0.3, -0.25) is 4.79 Å². The molecule has 2 heterocycles. The van der Waals surface area contributed by atoms with Gasteiger partial charge < -0.3 is 9.42 Å². The topological polar surface area (TPSA) is 46.3 Å². The Balaban J connectivity index is 1.72. The van der Waals surface area contributed by atoms with Gasteiger partial charge in [0.15, 0.2) is 0 Å². The maximum absolute atomic E-state index is 12.6. The lowest BCUT2D eigenvalue weighted by molar-refractivity contribution is 0.0787. The van der Waals surface area contributed by atoms with Crippen LogP contribution in [0.15, 0.2) is 16.7 Å². The third-order valence-corrected chi connectivity index (χ3v) is 5.36. The van der Waals surface area contributed by atoms with Crippen molar-refractivity contribution < 1.29 is 9.32 Å². The van der Waals surface area contributed by atoms with Gasteiger partial charge in [-0.2, -0.15) is 0 Å². The van der Waals surface area contributed by atoms with Gasteiger partial charge in [-0.15, -0.1) is 11.3 Å². The zero-order valence-electron chi connectivity index (χ0n) is 13.2. The highest BCUT2D eigenvalue weighted by Gasteiger charge is 2.19. The molecule has 118 valence electrons. The van der Waals surface area contributed by atoms with Gasteiger partial charge in [0.25, 0.3) is 5.91 Å². The first kappa shape index (κ1) is 15.3. The van der Waals surface area contributed by atoms with Gasteiger partial charge in [0.2, 0.25) is 0 Å². The molecule has 22 heavy (non-hydrogen) atoms. The molecule has 5 heteroatoms. The van der Waals surface area contributed by atoms with Crippen molar-refractivity contribution in [1.82, 2.24) is 10.1 Å². The lowest BCUT2D eigenvalue weighted by Crippen LogP contribution is -2.25. The summed E-state index contributed by atoms with van der Waals surface area (Å²) in [5, 5.41) is 3.96. The zero-order valence-corrected chi connectivity index (χ0v) is 14.0. The molecule has 0 aliphatic heterocycles. The van der Waals surface area contributed by atoms with Crippen LogP contribution in [-0.4, -0.2) is 23.0 Å². The minimum absolute atomic E-state index is 0.0809. The van der Waals surface area contributed by atoms with Crippen LogP contribution in [0.5, 0.6) is 0 Å². The summed E-state index contributed by atoms with van der Waals surface area (Å²) in [4.78, 5) is 16.6. The SMILES string of the molecule is Cc1cc(CN(C)C(=O)c2cc3c(s2)CCCCCC3)no1. The third-order valence-electron chi connectivity index (χ3n) is 4.13. The second-order valence-electron chi connectivity index (χ2n) is 6.06. The van der Waals surface area contributed by atoms with Crippen LogP contribution >= 0.6 is 11.3 Å². The van der Waals surface area contributed by atoms with Crippen LogP contribution < -0.4 is 0 Å². The van der Waals surface area contributed by atoms with Gasteiger partial charge in [-0.25, -0.2) is 0 Å². The van der Waals surface area contributed by atoms with E-state index in [0.29, 0.717) is 6.54 Å². The van der Waals surface area contributed by atoms with Crippen molar-refractivity contribution in [2.75, 3.05) is 7.05 Å². The lowest BCUT2D eigenvalue weighted by atomic mass is 10.00. The van der Waals surface area contributed by atoms with E-state index in [1.165, 1.54) is 36.1 Å². The number of fused-ring (bicyclic) bond motifs is 1. The number of thiophene rings is 1. The van der Waals surface area contributed by atoms with E-state index in [1.807, 2.05) is 20.0 Å². The molecule has 0 aromatic carbocycles. The van der Waals surface area contributed by atoms with Crippen LogP contribution in [0.1, 0.15) is 57.2 Å². The molecular weight excluding hydrogens is 296 g/mol. The second kappa shape index (κ2) is 6.65. The molecule has 2 aromatic heterocycles. The van der Waals surface area contributed by atoms with E-state index < -0.39 is 0 Å². The van der Waals surface area contributed by atoms with Crippen LogP contribution in [0.25, 0.3) is 0 Å². The van der Waals surface area contributed by atoms with Crippen molar-refractivity contribution in [1.29, 1.82) is 0 Å². The molecule has 0 unspecified atom stereocenters. The zero-order chi connectivity index (χ0) is 15.5. The summed E-state index contributed by atoms with van der Waals surface area (Å²) in [6, 6.07) is 3.98. The van der Waals surface area contributed by atoms with E-state index >= 15 is 0 Å². The van der Waals surface area contributed by atoms with Gasteiger partial charge in [-0.05, 0) is 44.2 Å². The molecule has 0 bridgehead atoms. The molecule has 0 fully saturated rings. The molecule has 2 aromatic rings. The molecule has 0 radical (unpaired) electrons. The fourth-order valence-electron chi connectivity index (χ4n) is 2.94. The van der Waals surface area contributed by atoms with Crippen LogP contribution in [0.3, 0.4) is 0 Å². The average Bonchev–Trinajstić information content (AvgIpc) is 3.04. The molecule has 1 aliphatic carbocycles. The number of rotatable bonds is 3. The highest BCUT2D eigenvalue weighted by Crippen LogP contribution is 2.29. The normalized spacial score (nSPS) is 15.0. The van der Waals surface area contributed by atoms with E-state index in [1.54, 1.807) is 16.2 Å². The molecule has 1 amide bonds. The first-order valence-corrected chi connectivity index (χ1v) is 8.74. The Bertz CT molecular complexity index is 634. The first-order valence-electron chi connectivity index (χ1n) is 7.93. The average molecular weight is 318 g/mol. The summed E-state index contributed by atoms with van der Waals surface area (Å²) < 4.78 is 5.06. The maximum Gasteiger partial charge on any atom is 0.264 e. The molecule has 0 spiro atoms. The van der Waals surface area contributed by atoms with Crippen molar-refractivity contribution >= 4 is 17.2 Å². The maximum atomic E-state index is 12.6. The minimum Gasteiger partial charge on any atom is -0.361 e. The van der Waals surface area contributed by atoms with Gasteiger partial charge in [-0.1, -0.05) is 18.0 Å². The Morgan fingerprint density at radius 1 is 1.27 bits per heavy atom. The highest BCUT2D eigenvalue weighted by atomic mass is 32.1. The molecule has 1 aliphatic rings. The second-order valence-corrected chi connectivity index (χ2v) is 7.20. The Morgan fingerprint density at radius 3 is 2.77 bits per heavy atom. The molecular formula is C17H22N2O2S. The van der Waals surface area contributed by atoms with E-state index in [2.05, 4.69) is 11.2 Å². The number of aromatic nitrogens is 1. The van der Waals surface area contributed by atoms with E-state index in [4.69, 9.17) is 4.52 Å². The number of amides is 1. The molecule has 0 N–H and O–H groups in total. The molecule has 0 saturated carbocycles. The Labute approximate surface area is 135 Å². The molecule has 0 saturated heterocycles. The Hall–Kier alpha value is -1.62. The minimum atomic E-state index is 0.0809. The standard InChI is InChI=1S/C17H22N2O2S/c1-12-9-14(18-21-12)11-19(2)17(20)16-10-13-7-5-3-4-6-8-15(13)22-16/h9-10H,3-8,11H2,1-2H3. The summed E-state index contributed by atoms with van der Waals surface area (Å²) in [5.74, 6) is 0.854. The number of hydrogen-bond donors (Lipinski definition) is 0. The Morgan fingerprint density at radius 2 is 2.05 bits per heavy atom. The fraction of sp³-hybridized carbons (Fsp3) is 0.529. The van der Waals surface area contributed by atoms with Crippen LogP contribution in [0.2, 0.25) is 0 Å². The van der Waals surface area contributed by atoms with Gasteiger partial charge in [0, 0.05) is 18.0 Å². The third kappa shape index (κ3) is 3.40. The van der Waals surface area contributed by atoms with Gasteiger partial charge in [0.05, 0.1) is 11.4 Å². The van der Waals surface area contributed by atoms with Crippen LogP contribution in [-0.2, 0) is 19.4 Å². The molecule has 0 atom stereocenters. The van der Waals surface area contributed by atoms with E-state index in [0.717, 1.165) is 29.2 Å². The van der Waals surface area contributed by atoms with Crippen LogP contribution in [0, 0.1) is 6.92 Å². The number of aryl methyl sites for hydroxylation is 3. The van der Waals surface area contributed by atoms with Gasteiger partial charge in [0.1, 0.15) is 11.5 Å². The van der Waals surface area contributed by atoms with Crippen molar-refractivity contribution in [3.63, 3.8) is 0 Å². The van der Waals surface area contributed by atoms with Crippen molar-refractivity contribution in [2.24, 2.45) is 0 Å². The summed E-state index contributed by atoms with van der Waals surface area (Å²) >= 11 is 1.68. The predicted molar refractivity (Wildman–Crippen MR) is 87.2 cm³/mol. The first-order chi connectivity index (χ1) is 10.6. The highest BCUT2D eigenvalue weighted by molar-refractivity contribution is 7.14. The number of carbonyl (C=O) groups excluding carboxylic acids is 1. The fourth-order valence-corrected chi connectivity index (χ4v) is 4.19. The summed E-state index contributed by atoms with van der Waals surface area (Å²) in [5.41, 5.74) is 2.18. The van der Waals surface area contributed by atoms with Crippen molar-refractivity contribution in [3.8, 4) is 0 Å². The Kier molecular flexibility index (Phi) is 4.62. The molecule has 3 rings (SSSR count).